The Bertz CT molecular complexity index is 213. The van der Waals surface area contributed by atoms with E-state index in [1.54, 1.807) is 0 Å². The van der Waals surface area contributed by atoms with Crippen LogP contribution >= 0.6 is 0 Å². The normalized spacial score (nSPS) is 19.7. The molecular weight excluding hydrogens is 176 g/mol. The van der Waals surface area contributed by atoms with Crippen molar-refractivity contribution >= 4 is 5.71 Å². The van der Waals surface area contributed by atoms with Crippen molar-refractivity contribution in [3.63, 3.8) is 0 Å². The largest absolute Gasteiger partial charge is 0.395 e. The van der Waals surface area contributed by atoms with Gasteiger partial charge >= 0.3 is 0 Å². The third-order valence-corrected chi connectivity index (χ3v) is 2.70. The molecule has 1 aliphatic rings. The first kappa shape index (κ1) is 11.2. The van der Waals surface area contributed by atoms with Crippen molar-refractivity contribution in [1.29, 1.82) is 0 Å². The van der Waals surface area contributed by atoms with Gasteiger partial charge in [-0.1, -0.05) is 18.2 Å². The van der Waals surface area contributed by atoms with E-state index in [1.807, 2.05) is 6.08 Å². The summed E-state index contributed by atoms with van der Waals surface area (Å²) in [6.07, 6.45) is 3.99. The zero-order valence-electron chi connectivity index (χ0n) is 9.12. The maximum atomic E-state index is 4.93. The standard InChI is InChI=1S/C11H20N2O/c1-4-5-9(2)10(3)12-8-11-6-7-14-13-11/h4,9-10,12H,1,5-8H2,2-3H3. The van der Waals surface area contributed by atoms with Crippen LogP contribution in [0.15, 0.2) is 17.8 Å². The lowest BCUT2D eigenvalue weighted by Gasteiger charge is -2.19. The number of hydrogen-bond donors (Lipinski definition) is 1. The van der Waals surface area contributed by atoms with Gasteiger partial charge in [0.1, 0.15) is 6.61 Å². The molecule has 0 aliphatic carbocycles. The summed E-state index contributed by atoms with van der Waals surface area (Å²) in [6, 6.07) is 0.497. The summed E-state index contributed by atoms with van der Waals surface area (Å²) in [5, 5.41) is 7.40. The van der Waals surface area contributed by atoms with Crippen molar-refractivity contribution in [2.45, 2.75) is 32.7 Å². The topological polar surface area (TPSA) is 33.6 Å². The maximum absolute atomic E-state index is 4.93. The second-order valence-electron chi connectivity index (χ2n) is 3.91. The highest BCUT2D eigenvalue weighted by molar-refractivity contribution is 5.86. The number of nitrogens with one attached hydrogen (secondary N) is 1. The van der Waals surface area contributed by atoms with Gasteiger partial charge in [-0.3, -0.25) is 0 Å². The minimum absolute atomic E-state index is 0.497. The third kappa shape index (κ3) is 3.50. The summed E-state index contributed by atoms with van der Waals surface area (Å²) in [7, 11) is 0. The van der Waals surface area contributed by atoms with Gasteiger partial charge in [-0.15, -0.1) is 6.58 Å². The van der Waals surface area contributed by atoms with Crippen molar-refractivity contribution in [2.75, 3.05) is 13.2 Å². The second-order valence-corrected chi connectivity index (χ2v) is 3.91. The molecule has 2 unspecified atom stereocenters. The minimum atomic E-state index is 0.497. The lowest BCUT2D eigenvalue weighted by molar-refractivity contribution is 0.173. The predicted octanol–water partition coefficient (Wildman–Crippen LogP) is 1.95. The van der Waals surface area contributed by atoms with Crippen LogP contribution in [-0.2, 0) is 4.84 Å². The number of rotatable bonds is 6. The Morgan fingerprint density at radius 1 is 1.64 bits per heavy atom. The number of nitrogens with zero attached hydrogens (tertiary/aromatic N) is 1. The molecule has 0 bridgehead atoms. The molecule has 1 N–H and O–H groups in total. The van der Waals surface area contributed by atoms with Crippen LogP contribution in [0.4, 0.5) is 0 Å². The molecule has 0 aromatic carbocycles. The molecule has 0 aromatic heterocycles. The fourth-order valence-corrected chi connectivity index (χ4v) is 1.41. The van der Waals surface area contributed by atoms with Gasteiger partial charge in [-0.05, 0) is 19.3 Å². The van der Waals surface area contributed by atoms with Crippen LogP contribution in [-0.4, -0.2) is 24.9 Å². The van der Waals surface area contributed by atoms with Gasteiger partial charge in [0.15, 0.2) is 0 Å². The molecule has 0 spiro atoms. The quantitative estimate of drug-likeness (QED) is 0.659. The minimum Gasteiger partial charge on any atom is -0.395 e. The van der Waals surface area contributed by atoms with E-state index in [0.29, 0.717) is 12.0 Å². The first-order chi connectivity index (χ1) is 6.74. The van der Waals surface area contributed by atoms with E-state index >= 15 is 0 Å². The highest BCUT2D eigenvalue weighted by Crippen LogP contribution is 2.08. The highest BCUT2D eigenvalue weighted by Gasteiger charge is 2.13. The molecule has 80 valence electrons. The second kappa shape index (κ2) is 5.81. The van der Waals surface area contributed by atoms with Gasteiger partial charge in [0.25, 0.3) is 0 Å². The first-order valence-corrected chi connectivity index (χ1v) is 5.26. The van der Waals surface area contributed by atoms with E-state index in [-0.39, 0.29) is 0 Å². The number of oxime groups is 1. The summed E-state index contributed by atoms with van der Waals surface area (Å²) in [6.45, 7) is 9.77. The van der Waals surface area contributed by atoms with Gasteiger partial charge in [0.2, 0.25) is 0 Å². The van der Waals surface area contributed by atoms with E-state index in [1.165, 1.54) is 0 Å². The lowest BCUT2D eigenvalue weighted by Crippen LogP contribution is -2.35. The monoisotopic (exact) mass is 196 g/mol. The van der Waals surface area contributed by atoms with Crippen molar-refractivity contribution in [3.05, 3.63) is 12.7 Å². The fourth-order valence-electron chi connectivity index (χ4n) is 1.41. The van der Waals surface area contributed by atoms with E-state index in [2.05, 4.69) is 30.9 Å². The Morgan fingerprint density at radius 2 is 2.43 bits per heavy atom. The van der Waals surface area contributed by atoms with Gasteiger partial charge in [0, 0.05) is 19.0 Å². The van der Waals surface area contributed by atoms with Crippen LogP contribution in [0.5, 0.6) is 0 Å². The predicted molar refractivity (Wildman–Crippen MR) is 59.4 cm³/mol. The Morgan fingerprint density at radius 3 is 3.00 bits per heavy atom. The smallest absolute Gasteiger partial charge is 0.122 e. The molecule has 2 atom stereocenters. The Kier molecular flexibility index (Phi) is 4.66. The van der Waals surface area contributed by atoms with Gasteiger partial charge in [0.05, 0.1) is 5.71 Å². The molecule has 3 nitrogen and oxygen atoms in total. The van der Waals surface area contributed by atoms with Crippen molar-refractivity contribution < 1.29 is 4.84 Å². The van der Waals surface area contributed by atoms with E-state index in [4.69, 9.17) is 4.84 Å². The molecule has 1 heterocycles. The lowest BCUT2D eigenvalue weighted by atomic mass is 10.00. The Hall–Kier alpha value is -0.830. The molecule has 14 heavy (non-hydrogen) atoms. The molecular formula is C11H20N2O. The molecule has 0 radical (unpaired) electrons. The van der Waals surface area contributed by atoms with Crippen LogP contribution in [0.25, 0.3) is 0 Å². The van der Waals surface area contributed by atoms with Gasteiger partial charge < -0.3 is 10.2 Å². The summed E-state index contributed by atoms with van der Waals surface area (Å²) >= 11 is 0. The molecule has 1 aliphatic heterocycles. The number of allylic oxidation sites excluding steroid dienone is 1. The molecule has 0 fully saturated rings. The molecule has 0 saturated carbocycles. The summed E-state index contributed by atoms with van der Waals surface area (Å²) in [5.41, 5.74) is 1.13. The van der Waals surface area contributed by atoms with Crippen molar-refractivity contribution in [2.24, 2.45) is 11.1 Å². The van der Waals surface area contributed by atoms with Crippen molar-refractivity contribution in [3.8, 4) is 0 Å². The van der Waals surface area contributed by atoms with Gasteiger partial charge in [-0.2, -0.15) is 0 Å². The summed E-state index contributed by atoms with van der Waals surface area (Å²) in [4.78, 5) is 4.93. The fraction of sp³-hybridized carbons (Fsp3) is 0.727. The summed E-state index contributed by atoms with van der Waals surface area (Å²) in [5.74, 6) is 0.621. The van der Waals surface area contributed by atoms with Crippen LogP contribution in [0.3, 0.4) is 0 Å². The molecule has 0 amide bonds. The summed E-state index contributed by atoms with van der Waals surface area (Å²) < 4.78 is 0. The number of hydrogen-bond acceptors (Lipinski definition) is 3. The van der Waals surface area contributed by atoms with Crippen LogP contribution < -0.4 is 5.32 Å². The van der Waals surface area contributed by atoms with Crippen LogP contribution in [0.1, 0.15) is 26.7 Å². The zero-order chi connectivity index (χ0) is 10.4. The van der Waals surface area contributed by atoms with E-state index < -0.39 is 0 Å². The van der Waals surface area contributed by atoms with Gasteiger partial charge in [-0.25, -0.2) is 0 Å². The Balaban J connectivity index is 2.19. The van der Waals surface area contributed by atoms with Crippen molar-refractivity contribution in [1.82, 2.24) is 5.32 Å². The molecule has 0 aromatic rings. The molecule has 1 rings (SSSR count). The maximum Gasteiger partial charge on any atom is 0.122 e. The average Bonchev–Trinajstić information content (AvgIpc) is 2.67. The Labute approximate surface area is 86.2 Å². The van der Waals surface area contributed by atoms with E-state index in [9.17, 15) is 0 Å². The van der Waals surface area contributed by atoms with E-state index in [0.717, 1.165) is 31.7 Å². The molecule has 3 heteroatoms. The third-order valence-electron chi connectivity index (χ3n) is 2.70. The first-order valence-electron chi connectivity index (χ1n) is 5.26. The van der Waals surface area contributed by atoms with Crippen LogP contribution in [0.2, 0.25) is 0 Å². The SMILES string of the molecule is C=CCC(C)C(C)NCC1=NOCC1. The van der Waals surface area contributed by atoms with Crippen LogP contribution in [0, 0.1) is 5.92 Å². The zero-order valence-corrected chi connectivity index (χ0v) is 9.12. The average molecular weight is 196 g/mol. The molecule has 0 saturated heterocycles. The highest BCUT2D eigenvalue weighted by atomic mass is 16.6.